The molecule has 156 valence electrons. The van der Waals surface area contributed by atoms with Gasteiger partial charge in [0, 0.05) is 25.1 Å². The third-order valence-corrected chi connectivity index (χ3v) is 5.55. The van der Waals surface area contributed by atoms with Crippen LogP contribution in [-0.2, 0) is 17.8 Å². The highest BCUT2D eigenvalue weighted by atomic mass is 16.2. The molecule has 1 atom stereocenters. The van der Waals surface area contributed by atoms with Gasteiger partial charge in [-0.25, -0.2) is 4.98 Å². The molecule has 2 N–H and O–H groups in total. The first-order valence-corrected chi connectivity index (χ1v) is 10.6. The molecule has 1 aliphatic heterocycles. The Morgan fingerprint density at radius 2 is 1.93 bits per heavy atom. The summed E-state index contributed by atoms with van der Waals surface area (Å²) < 4.78 is 0. The molecule has 0 spiro atoms. The lowest BCUT2D eigenvalue weighted by Gasteiger charge is -2.28. The maximum Gasteiger partial charge on any atom is 0.255 e. The van der Waals surface area contributed by atoms with Gasteiger partial charge in [0.2, 0.25) is 5.91 Å². The van der Waals surface area contributed by atoms with Crippen LogP contribution in [0, 0.1) is 5.92 Å². The minimum Gasteiger partial charge on any atom is -0.354 e. The minimum absolute atomic E-state index is 0.0475. The zero-order valence-electron chi connectivity index (χ0n) is 17.5. The summed E-state index contributed by atoms with van der Waals surface area (Å²) in [5.41, 5.74) is 3.69. The topological polar surface area (TPSA) is 78.1 Å². The van der Waals surface area contributed by atoms with Crippen LogP contribution in [0.15, 0.2) is 48.5 Å². The van der Waals surface area contributed by atoms with E-state index in [1.165, 1.54) is 0 Å². The monoisotopic (exact) mass is 404 g/mol. The molecule has 0 bridgehead atoms. The van der Waals surface area contributed by atoms with Gasteiger partial charge in [0.05, 0.1) is 11.0 Å². The van der Waals surface area contributed by atoms with Gasteiger partial charge in [0.25, 0.3) is 5.91 Å². The molecule has 2 amide bonds. The largest absolute Gasteiger partial charge is 0.354 e. The summed E-state index contributed by atoms with van der Waals surface area (Å²) in [4.78, 5) is 35.5. The summed E-state index contributed by atoms with van der Waals surface area (Å²) in [5, 5.41) is 3.04. The van der Waals surface area contributed by atoms with Crippen LogP contribution in [0.4, 0.5) is 0 Å². The average molecular weight is 405 g/mol. The van der Waals surface area contributed by atoms with Gasteiger partial charge in [-0.3, -0.25) is 9.59 Å². The maximum absolute atomic E-state index is 13.0. The summed E-state index contributed by atoms with van der Waals surface area (Å²) in [6, 6.07) is 15.1. The smallest absolute Gasteiger partial charge is 0.255 e. The number of imidazole rings is 1. The Balaban J connectivity index is 1.35. The summed E-state index contributed by atoms with van der Waals surface area (Å²) in [6.45, 7) is 5.21. The van der Waals surface area contributed by atoms with E-state index in [-0.39, 0.29) is 11.8 Å². The highest BCUT2D eigenvalue weighted by molar-refractivity contribution is 6.01. The number of nitrogens with zero attached hydrogens (tertiary/aromatic N) is 2. The lowest BCUT2D eigenvalue weighted by atomic mass is 10.0. The molecule has 0 radical (unpaired) electrons. The van der Waals surface area contributed by atoms with Crippen LogP contribution in [0.3, 0.4) is 0 Å². The van der Waals surface area contributed by atoms with Gasteiger partial charge in [0.15, 0.2) is 0 Å². The summed E-state index contributed by atoms with van der Waals surface area (Å²) >= 11 is 0. The molecule has 0 fully saturated rings. The van der Waals surface area contributed by atoms with Crippen molar-refractivity contribution in [1.29, 1.82) is 0 Å². The van der Waals surface area contributed by atoms with E-state index >= 15 is 0 Å². The molecule has 0 saturated heterocycles. The van der Waals surface area contributed by atoms with Crippen molar-refractivity contribution in [2.75, 3.05) is 6.54 Å². The number of hydrogen-bond donors (Lipinski definition) is 2. The summed E-state index contributed by atoms with van der Waals surface area (Å²) in [7, 11) is 0. The summed E-state index contributed by atoms with van der Waals surface area (Å²) in [5.74, 6) is 1.12. The summed E-state index contributed by atoms with van der Waals surface area (Å²) in [6.07, 6.45) is 2.20. The Morgan fingerprint density at radius 3 is 2.70 bits per heavy atom. The number of hydrogen-bond acceptors (Lipinski definition) is 3. The molecule has 6 heteroatoms. The predicted molar refractivity (Wildman–Crippen MR) is 117 cm³/mol. The van der Waals surface area contributed by atoms with Gasteiger partial charge in [-0.1, -0.05) is 44.2 Å². The third kappa shape index (κ3) is 4.22. The number of carbonyl (C=O) groups is 2. The second-order valence-corrected chi connectivity index (χ2v) is 8.33. The highest BCUT2D eigenvalue weighted by Gasteiger charge is 2.36. The van der Waals surface area contributed by atoms with Crippen molar-refractivity contribution in [3.05, 3.63) is 65.5 Å². The van der Waals surface area contributed by atoms with E-state index in [1.807, 2.05) is 48.5 Å². The predicted octanol–water partition coefficient (Wildman–Crippen LogP) is 3.68. The second-order valence-electron chi connectivity index (χ2n) is 8.33. The molecule has 6 nitrogen and oxygen atoms in total. The van der Waals surface area contributed by atoms with Gasteiger partial charge in [-0.05, 0) is 42.5 Å². The van der Waals surface area contributed by atoms with Crippen molar-refractivity contribution in [2.24, 2.45) is 5.92 Å². The van der Waals surface area contributed by atoms with E-state index in [9.17, 15) is 9.59 Å². The first kappa shape index (κ1) is 20.1. The van der Waals surface area contributed by atoms with Crippen molar-refractivity contribution in [1.82, 2.24) is 20.2 Å². The fourth-order valence-corrected chi connectivity index (χ4v) is 4.06. The van der Waals surface area contributed by atoms with E-state index in [2.05, 4.69) is 29.1 Å². The number of nitrogens with one attached hydrogen (secondary N) is 2. The van der Waals surface area contributed by atoms with Crippen LogP contribution < -0.4 is 5.32 Å². The van der Waals surface area contributed by atoms with E-state index in [1.54, 1.807) is 4.90 Å². The number of H-pyrrole nitrogens is 1. The Morgan fingerprint density at radius 1 is 1.17 bits per heavy atom. The highest BCUT2D eigenvalue weighted by Crippen LogP contribution is 2.26. The van der Waals surface area contributed by atoms with Gasteiger partial charge in [-0.15, -0.1) is 0 Å². The van der Waals surface area contributed by atoms with Gasteiger partial charge in [0.1, 0.15) is 11.9 Å². The molecule has 2 heterocycles. The van der Waals surface area contributed by atoms with Gasteiger partial charge in [-0.2, -0.15) is 0 Å². The molecule has 0 saturated carbocycles. The van der Waals surface area contributed by atoms with Crippen LogP contribution in [-0.4, -0.2) is 39.3 Å². The van der Waals surface area contributed by atoms with Crippen molar-refractivity contribution >= 4 is 22.8 Å². The average Bonchev–Trinajstić information content (AvgIpc) is 3.30. The molecule has 30 heavy (non-hydrogen) atoms. The molecular weight excluding hydrogens is 376 g/mol. The van der Waals surface area contributed by atoms with Crippen LogP contribution >= 0.6 is 0 Å². The number of aromatic amines is 1. The normalized spacial score (nSPS) is 14.4. The van der Waals surface area contributed by atoms with Gasteiger partial charge < -0.3 is 15.2 Å². The van der Waals surface area contributed by atoms with Crippen molar-refractivity contribution in [3.8, 4) is 0 Å². The molecule has 1 aromatic heterocycles. The van der Waals surface area contributed by atoms with Crippen molar-refractivity contribution in [3.63, 3.8) is 0 Å². The van der Waals surface area contributed by atoms with Crippen LogP contribution in [0.1, 0.15) is 48.4 Å². The number of benzene rings is 2. The first-order chi connectivity index (χ1) is 14.5. The molecule has 0 unspecified atom stereocenters. The quantitative estimate of drug-likeness (QED) is 0.562. The maximum atomic E-state index is 13.0. The first-order valence-electron chi connectivity index (χ1n) is 10.6. The molecular formula is C24H28N4O2. The van der Waals surface area contributed by atoms with E-state index in [0.717, 1.165) is 35.3 Å². The number of amides is 2. The zero-order chi connectivity index (χ0) is 21.1. The van der Waals surface area contributed by atoms with E-state index < -0.39 is 6.04 Å². The Bertz CT molecular complexity index is 1020. The molecule has 3 aromatic rings. The minimum atomic E-state index is -0.448. The number of aryl methyl sites for hydroxylation is 1. The zero-order valence-corrected chi connectivity index (χ0v) is 17.5. The number of aromatic nitrogens is 2. The Hall–Kier alpha value is -3.15. The van der Waals surface area contributed by atoms with Crippen molar-refractivity contribution in [2.45, 2.75) is 45.7 Å². The van der Waals surface area contributed by atoms with Crippen LogP contribution in [0.25, 0.3) is 11.0 Å². The second kappa shape index (κ2) is 8.69. The lowest BCUT2D eigenvalue weighted by Crippen LogP contribution is -2.48. The molecule has 4 rings (SSSR count). The number of rotatable bonds is 8. The SMILES string of the molecule is CC(C)C[C@@H](C(=O)NCCCc1nc2ccccc2[nH]1)N1Cc2ccccc2C1=O. The standard InChI is InChI=1S/C24H28N4O2/c1-16(2)14-21(28-15-17-8-3-4-9-18(17)24(28)30)23(29)25-13-7-12-22-26-19-10-5-6-11-20(19)27-22/h3-6,8-11,16,21H,7,12-15H2,1-2H3,(H,25,29)(H,26,27)/t21-/m0/s1. The van der Waals surface area contributed by atoms with E-state index in [4.69, 9.17) is 0 Å². The molecule has 2 aromatic carbocycles. The van der Waals surface area contributed by atoms with Gasteiger partial charge >= 0.3 is 0 Å². The van der Waals surface area contributed by atoms with Crippen LogP contribution in [0.2, 0.25) is 0 Å². The van der Waals surface area contributed by atoms with E-state index in [0.29, 0.717) is 31.0 Å². The number of fused-ring (bicyclic) bond motifs is 2. The van der Waals surface area contributed by atoms with Crippen LogP contribution in [0.5, 0.6) is 0 Å². The Labute approximate surface area is 176 Å². The Kier molecular flexibility index (Phi) is 5.84. The number of carbonyl (C=O) groups excluding carboxylic acids is 2. The third-order valence-electron chi connectivity index (χ3n) is 5.55. The fourth-order valence-electron chi connectivity index (χ4n) is 4.06. The lowest BCUT2D eigenvalue weighted by molar-refractivity contribution is -0.126. The number of para-hydroxylation sites is 2. The fraction of sp³-hybridized carbons (Fsp3) is 0.375. The molecule has 0 aliphatic carbocycles. The molecule has 1 aliphatic rings. The van der Waals surface area contributed by atoms with Crippen molar-refractivity contribution < 1.29 is 9.59 Å².